The summed E-state index contributed by atoms with van der Waals surface area (Å²) in [5, 5.41) is -0.00347. The van der Waals surface area contributed by atoms with Crippen molar-refractivity contribution in [2.75, 3.05) is 14.1 Å². The maximum atomic E-state index is 12.2. The molecular weight excluding hydrogens is 352 g/mol. The van der Waals surface area contributed by atoms with Gasteiger partial charge in [-0.25, -0.2) is 12.7 Å². The van der Waals surface area contributed by atoms with Gasteiger partial charge in [-0.1, -0.05) is 6.92 Å². The maximum absolute atomic E-state index is 12.2. The van der Waals surface area contributed by atoms with Gasteiger partial charge in [0.1, 0.15) is 17.3 Å². The fourth-order valence-electron chi connectivity index (χ4n) is 3.31. The first kappa shape index (κ1) is 17.8. The van der Waals surface area contributed by atoms with Gasteiger partial charge in [0.2, 0.25) is 5.09 Å². The van der Waals surface area contributed by atoms with Crippen LogP contribution in [0, 0.1) is 5.92 Å². The Bertz CT molecular complexity index is 879. The van der Waals surface area contributed by atoms with E-state index >= 15 is 0 Å². The average Bonchev–Trinajstić information content (AvgIpc) is 3.46. The van der Waals surface area contributed by atoms with Gasteiger partial charge in [0.25, 0.3) is 10.0 Å². The molecule has 0 spiro atoms. The van der Waals surface area contributed by atoms with E-state index in [2.05, 4.69) is 24.0 Å². The third kappa shape index (κ3) is 3.61. The summed E-state index contributed by atoms with van der Waals surface area (Å²) in [6, 6.07) is 7.98. The summed E-state index contributed by atoms with van der Waals surface area (Å²) in [5.74, 6) is 4.05. The molecule has 2 aliphatic carbocycles. The number of hydrogen-bond acceptors (Lipinski definition) is 5. The van der Waals surface area contributed by atoms with Gasteiger partial charge < -0.3 is 8.83 Å². The van der Waals surface area contributed by atoms with Crippen molar-refractivity contribution in [3.63, 3.8) is 0 Å². The second kappa shape index (κ2) is 6.55. The molecular formula is C19H26N2O4S. The van der Waals surface area contributed by atoms with Crippen molar-refractivity contribution in [3.05, 3.63) is 41.5 Å². The van der Waals surface area contributed by atoms with Crippen molar-refractivity contribution >= 4 is 10.0 Å². The van der Waals surface area contributed by atoms with Crippen molar-refractivity contribution in [2.24, 2.45) is 5.92 Å². The van der Waals surface area contributed by atoms with Gasteiger partial charge in [-0.2, -0.15) is 0 Å². The summed E-state index contributed by atoms with van der Waals surface area (Å²) >= 11 is 0. The third-order valence-electron chi connectivity index (χ3n) is 5.31. The van der Waals surface area contributed by atoms with Crippen LogP contribution in [0.5, 0.6) is 0 Å². The first-order chi connectivity index (χ1) is 12.3. The van der Waals surface area contributed by atoms with Crippen LogP contribution in [0.1, 0.15) is 49.4 Å². The van der Waals surface area contributed by atoms with E-state index in [0.717, 1.165) is 41.1 Å². The van der Waals surface area contributed by atoms with Crippen LogP contribution in [0.3, 0.4) is 0 Å². The fraction of sp³-hybridized carbons (Fsp3) is 0.579. The van der Waals surface area contributed by atoms with E-state index in [-0.39, 0.29) is 5.09 Å². The smallest absolute Gasteiger partial charge is 0.275 e. The third-order valence-corrected chi connectivity index (χ3v) is 7.00. The Kier molecular flexibility index (Phi) is 4.49. The van der Waals surface area contributed by atoms with Crippen LogP contribution in [0.2, 0.25) is 0 Å². The van der Waals surface area contributed by atoms with E-state index in [9.17, 15) is 8.42 Å². The van der Waals surface area contributed by atoms with Crippen LogP contribution >= 0.6 is 0 Å². The van der Waals surface area contributed by atoms with Crippen LogP contribution in [-0.2, 0) is 23.1 Å². The number of sulfonamides is 1. The van der Waals surface area contributed by atoms with Crippen molar-refractivity contribution in [1.82, 2.24) is 9.21 Å². The Balaban J connectivity index is 1.45. The second-order valence-electron chi connectivity index (χ2n) is 7.77. The fourth-order valence-corrected chi connectivity index (χ4v) is 4.13. The molecule has 4 rings (SSSR count). The SMILES string of the molecule is CC1CC1c1ccc(CN(Cc2ccc(S(=O)(=O)N(C)C)o2)C2CC2)o1. The summed E-state index contributed by atoms with van der Waals surface area (Å²) in [4.78, 5) is 2.31. The topological polar surface area (TPSA) is 66.9 Å². The Labute approximate surface area is 154 Å². The maximum Gasteiger partial charge on any atom is 0.275 e. The summed E-state index contributed by atoms with van der Waals surface area (Å²) in [7, 11) is -0.524. The monoisotopic (exact) mass is 378 g/mol. The van der Waals surface area contributed by atoms with Gasteiger partial charge in [0.15, 0.2) is 0 Å². The zero-order chi connectivity index (χ0) is 18.5. The van der Waals surface area contributed by atoms with Crippen molar-refractivity contribution in [3.8, 4) is 0 Å². The van der Waals surface area contributed by atoms with Gasteiger partial charge in [-0.05, 0) is 49.4 Å². The van der Waals surface area contributed by atoms with Gasteiger partial charge in [-0.3, -0.25) is 4.90 Å². The molecule has 2 aromatic heterocycles. The average molecular weight is 378 g/mol. The molecule has 0 amide bonds. The van der Waals surface area contributed by atoms with E-state index in [1.54, 1.807) is 6.07 Å². The number of hydrogen-bond donors (Lipinski definition) is 0. The molecule has 2 atom stereocenters. The molecule has 0 aromatic carbocycles. The molecule has 26 heavy (non-hydrogen) atoms. The lowest BCUT2D eigenvalue weighted by atomic mass is 10.3. The lowest BCUT2D eigenvalue weighted by molar-refractivity contribution is 0.201. The van der Waals surface area contributed by atoms with Gasteiger partial charge in [-0.15, -0.1) is 0 Å². The van der Waals surface area contributed by atoms with Crippen LogP contribution < -0.4 is 0 Å². The van der Waals surface area contributed by atoms with Crippen LogP contribution in [-0.4, -0.2) is 37.8 Å². The zero-order valence-electron chi connectivity index (χ0n) is 15.5. The first-order valence-corrected chi connectivity index (χ1v) is 10.6. The van der Waals surface area contributed by atoms with Gasteiger partial charge >= 0.3 is 0 Å². The lowest BCUT2D eigenvalue weighted by Crippen LogP contribution is -2.24. The predicted octanol–water partition coefficient (Wildman–Crippen LogP) is 3.41. The number of nitrogens with zero attached hydrogens (tertiary/aromatic N) is 2. The molecule has 2 aliphatic rings. The highest BCUT2D eigenvalue weighted by molar-refractivity contribution is 7.88. The van der Waals surface area contributed by atoms with Gasteiger partial charge in [0.05, 0.1) is 13.1 Å². The number of rotatable bonds is 8. The number of furan rings is 2. The van der Waals surface area contributed by atoms with Crippen molar-refractivity contribution < 1.29 is 17.3 Å². The molecule has 2 unspecified atom stereocenters. The highest BCUT2D eigenvalue weighted by atomic mass is 32.2. The minimum atomic E-state index is -3.53. The molecule has 2 heterocycles. The Morgan fingerprint density at radius 1 is 1.04 bits per heavy atom. The normalized spacial score (nSPS) is 23.1. The van der Waals surface area contributed by atoms with E-state index in [1.807, 2.05) is 0 Å². The van der Waals surface area contributed by atoms with E-state index < -0.39 is 10.0 Å². The predicted molar refractivity (Wildman–Crippen MR) is 97.1 cm³/mol. The molecule has 7 heteroatoms. The first-order valence-electron chi connectivity index (χ1n) is 9.18. The summed E-state index contributed by atoms with van der Waals surface area (Å²) < 4.78 is 37.2. The molecule has 2 fully saturated rings. The highest BCUT2D eigenvalue weighted by Gasteiger charge is 2.37. The minimum Gasteiger partial charge on any atom is -0.464 e. The molecule has 2 aromatic rings. The molecule has 0 aliphatic heterocycles. The molecule has 6 nitrogen and oxygen atoms in total. The second-order valence-corrected chi connectivity index (χ2v) is 9.85. The van der Waals surface area contributed by atoms with Crippen molar-refractivity contribution in [2.45, 2.75) is 56.3 Å². The zero-order valence-corrected chi connectivity index (χ0v) is 16.3. The summed E-state index contributed by atoms with van der Waals surface area (Å²) in [5.41, 5.74) is 0. The van der Waals surface area contributed by atoms with E-state index in [1.165, 1.54) is 26.6 Å². The molecule has 0 saturated heterocycles. The standard InChI is InChI=1S/C19H26N2O4S/c1-13-10-17(13)18-8-6-15(24-18)11-21(14-4-5-14)12-16-7-9-19(25-16)26(22,23)20(2)3/h6-9,13-14,17H,4-5,10-12H2,1-3H3. The van der Waals surface area contributed by atoms with Crippen LogP contribution in [0.25, 0.3) is 0 Å². The molecule has 0 bridgehead atoms. The Hall–Kier alpha value is -1.57. The Morgan fingerprint density at radius 2 is 1.65 bits per heavy atom. The minimum absolute atomic E-state index is 0.00347. The largest absolute Gasteiger partial charge is 0.464 e. The summed E-state index contributed by atoms with van der Waals surface area (Å²) in [6.45, 7) is 3.56. The lowest BCUT2D eigenvalue weighted by Gasteiger charge is -2.19. The highest BCUT2D eigenvalue weighted by Crippen LogP contribution is 2.47. The summed E-state index contributed by atoms with van der Waals surface area (Å²) in [6.07, 6.45) is 3.54. The Morgan fingerprint density at radius 3 is 2.23 bits per heavy atom. The molecule has 142 valence electrons. The molecule has 0 N–H and O–H groups in total. The quantitative estimate of drug-likeness (QED) is 0.704. The molecule has 2 saturated carbocycles. The van der Waals surface area contributed by atoms with E-state index in [0.29, 0.717) is 24.3 Å². The van der Waals surface area contributed by atoms with Crippen LogP contribution in [0.15, 0.2) is 38.2 Å². The van der Waals surface area contributed by atoms with Crippen molar-refractivity contribution in [1.29, 1.82) is 0 Å². The van der Waals surface area contributed by atoms with Gasteiger partial charge in [0, 0.05) is 26.1 Å². The molecule has 0 radical (unpaired) electrons. The van der Waals surface area contributed by atoms with E-state index in [4.69, 9.17) is 8.83 Å². The van der Waals surface area contributed by atoms with Crippen LogP contribution in [0.4, 0.5) is 0 Å².